The van der Waals surface area contributed by atoms with Crippen LogP contribution in [0.3, 0.4) is 0 Å². The highest BCUT2D eigenvalue weighted by Gasteiger charge is 2.17. The van der Waals surface area contributed by atoms with Crippen LogP contribution in [0.25, 0.3) is 0 Å². The second kappa shape index (κ2) is 5.45. The Bertz CT molecular complexity index is 462. The molecule has 0 N–H and O–H groups in total. The van der Waals surface area contributed by atoms with Gasteiger partial charge in [-0.25, -0.2) is 0 Å². The SMILES string of the molecule is CCCS(=O)(=O)Oc1c(Cl)cc(Cl)cc1Cl. The van der Waals surface area contributed by atoms with Crippen molar-refractivity contribution in [3.05, 3.63) is 27.2 Å². The van der Waals surface area contributed by atoms with Gasteiger partial charge in [0.25, 0.3) is 0 Å². The Kier molecular flexibility index (Phi) is 4.73. The molecule has 0 radical (unpaired) electrons. The Morgan fingerprint density at radius 2 is 1.69 bits per heavy atom. The lowest BCUT2D eigenvalue weighted by Crippen LogP contribution is -2.13. The molecule has 0 aliphatic heterocycles. The van der Waals surface area contributed by atoms with Crippen LogP contribution in [-0.4, -0.2) is 14.2 Å². The molecule has 0 unspecified atom stereocenters. The average molecular weight is 304 g/mol. The predicted molar refractivity (Wildman–Crippen MR) is 66.2 cm³/mol. The summed E-state index contributed by atoms with van der Waals surface area (Å²) in [6.45, 7) is 1.73. The summed E-state index contributed by atoms with van der Waals surface area (Å²) in [7, 11) is -3.65. The Labute approximate surface area is 109 Å². The van der Waals surface area contributed by atoms with E-state index >= 15 is 0 Å². The molecular weight excluding hydrogens is 295 g/mol. The minimum Gasteiger partial charge on any atom is -0.379 e. The highest BCUT2D eigenvalue weighted by atomic mass is 35.5. The van der Waals surface area contributed by atoms with Gasteiger partial charge in [0.2, 0.25) is 0 Å². The third-order valence-electron chi connectivity index (χ3n) is 1.63. The van der Waals surface area contributed by atoms with E-state index in [4.69, 9.17) is 39.0 Å². The molecule has 0 amide bonds. The fraction of sp³-hybridized carbons (Fsp3) is 0.333. The molecule has 0 atom stereocenters. The van der Waals surface area contributed by atoms with Gasteiger partial charge in [-0.1, -0.05) is 41.7 Å². The Morgan fingerprint density at radius 3 is 2.12 bits per heavy atom. The van der Waals surface area contributed by atoms with Gasteiger partial charge < -0.3 is 4.18 Å². The van der Waals surface area contributed by atoms with Gasteiger partial charge in [-0.3, -0.25) is 0 Å². The van der Waals surface area contributed by atoms with E-state index in [0.29, 0.717) is 11.4 Å². The molecule has 3 nitrogen and oxygen atoms in total. The molecule has 0 aliphatic carbocycles. The summed E-state index contributed by atoms with van der Waals surface area (Å²) in [5.41, 5.74) is 0. The van der Waals surface area contributed by atoms with Crippen molar-refractivity contribution in [1.29, 1.82) is 0 Å². The zero-order valence-corrected chi connectivity index (χ0v) is 11.4. The summed E-state index contributed by atoms with van der Waals surface area (Å²) in [6.07, 6.45) is 0.450. The average Bonchev–Trinajstić information content (AvgIpc) is 2.11. The Morgan fingerprint density at radius 1 is 1.19 bits per heavy atom. The van der Waals surface area contributed by atoms with Crippen molar-refractivity contribution in [2.75, 3.05) is 5.75 Å². The van der Waals surface area contributed by atoms with E-state index in [0.717, 1.165) is 0 Å². The highest BCUT2D eigenvalue weighted by Crippen LogP contribution is 2.36. The van der Waals surface area contributed by atoms with Gasteiger partial charge >= 0.3 is 10.1 Å². The molecule has 0 heterocycles. The minimum atomic E-state index is -3.65. The molecule has 0 saturated heterocycles. The van der Waals surface area contributed by atoms with Gasteiger partial charge in [-0.2, -0.15) is 8.42 Å². The molecule has 7 heteroatoms. The maximum Gasteiger partial charge on any atom is 0.309 e. The maximum atomic E-state index is 11.4. The highest BCUT2D eigenvalue weighted by molar-refractivity contribution is 7.87. The summed E-state index contributed by atoms with van der Waals surface area (Å²) < 4.78 is 27.6. The smallest absolute Gasteiger partial charge is 0.309 e. The molecule has 0 saturated carbocycles. The molecule has 0 aliphatic rings. The van der Waals surface area contributed by atoms with Crippen LogP contribution in [0, 0.1) is 0 Å². The van der Waals surface area contributed by atoms with Crippen molar-refractivity contribution in [2.45, 2.75) is 13.3 Å². The first-order valence-electron chi connectivity index (χ1n) is 4.42. The van der Waals surface area contributed by atoms with E-state index in [1.807, 2.05) is 0 Å². The molecule has 0 aromatic heterocycles. The Balaban J connectivity index is 3.07. The van der Waals surface area contributed by atoms with E-state index in [2.05, 4.69) is 0 Å². The number of hydrogen-bond acceptors (Lipinski definition) is 3. The predicted octanol–water partition coefficient (Wildman–Crippen LogP) is 3.77. The van der Waals surface area contributed by atoms with Crippen molar-refractivity contribution in [1.82, 2.24) is 0 Å². The zero-order chi connectivity index (χ0) is 12.3. The first-order valence-corrected chi connectivity index (χ1v) is 7.13. The van der Waals surface area contributed by atoms with Crippen molar-refractivity contribution >= 4 is 44.9 Å². The van der Waals surface area contributed by atoms with Crippen LogP contribution in [0.4, 0.5) is 0 Å². The van der Waals surface area contributed by atoms with Gasteiger partial charge in [0.1, 0.15) is 0 Å². The standard InChI is InChI=1S/C9H9Cl3O3S/c1-2-3-16(13,14)15-9-7(11)4-6(10)5-8(9)12/h4-5H,2-3H2,1H3. The van der Waals surface area contributed by atoms with Gasteiger partial charge in [0.05, 0.1) is 15.8 Å². The van der Waals surface area contributed by atoms with Gasteiger partial charge in [0.15, 0.2) is 5.75 Å². The monoisotopic (exact) mass is 302 g/mol. The minimum absolute atomic E-state index is 0.0668. The fourth-order valence-corrected chi connectivity index (χ4v) is 3.03. The second-order valence-electron chi connectivity index (χ2n) is 3.04. The number of benzene rings is 1. The number of hydrogen-bond donors (Lipinski definition) is 0. The van der Waals surface area contributed by atoms with Crippen molar-refractivity contribution < 1.29 is 12.6 Å². The summed E-state index contributed by atoms with van der Waals surface area (Å²) >= 11 is 17.2. The van der Waals surface area contributed by atoms with Gasteiger partial charge in [-0.05, 0) is 18.6 Å². The molecule has 1 aromatic carbocycles. The Hall–Kier alpha value is -0.160. The molecule has 0 fully saturated rings. The molecule has 0 bridgehead atoms. The van der Waals surface area contributed by atoms with Crippen LogP contribution in [0.15, 0.2) is 12.1 Å². The third-order valence-corrected chi connectivity index (χ3v) is 3.74. The summed E-state index contributed by atoms with van der Waals surface area (Å²) in [5.74, 6) is -0.177. The van der Waals surface area contributed by atoms with Crippen LogP contribution in [0.1, 0.15) is 13.3 Å². The van der Waals surface area contributed by atoms with Crippen LogP contribution in [0.2, 0.25) is 15.1 Å². The molecule has 1 aromatic rings. The van der Waals surface area contributed by atoms with Crippen molar-refractivity contribution in [3.8, 4) is 5.75 Å². The summed E-state index contributed by atoms with van der Waals surface area (Å²) in [6, 6.07) is 2.73. The second-order valence-corrected chi connectivity index (χ2v) is 5.98. The van der Waals surface area contributed by atoms with E-state index in [1.165, 1.54) is 12.1 Å². The van der Waals surface area contributed by atoms with Crippen molar-refractivity contribution in [3.63, 3.8) is 0 Å². The lowest BCUT2D eigenvalue weighted by molar-refractivity contribution is 0.485. The van der Waals surface area contributed by atoms with Crippen LogP contribution in [-0.2, 0) is 10.1 Å². The number of rotatable bonds is 4. The van der Waals surface area contributed by atoms with Gasteiger partial charge in [0, 0.05) is 5.02 Å². The van der Waals surface area contributed by atoms with Crippen molar-refractivity contribution in [2.24, 2.45) is 0 Å². The van der Waals surface area contributed by atoms with E-state index < -0.39 is 10.1 Å². The van der Waals surface area contributed by atoms with Crippen LogP contribution < -0.4 is 4.18 Å². The summed E-state index contributed by atoms with van der Waals surface area (Å²) in [5, 5.41) is 0.449. The van der Waals surface area contributed by atoms with Crippen LogP contribution >= 0.6 is 34.8 Å². The third kappa shape index (κ3) is 3.70. The zero-order valence-electron chi connectivity index (χ0n) is 8.34. The molecule has 90 valence electrons. The van der Waals surface area contributed by atoms with E-state index in [1.54, 1.807) is 6.92 Å². The fourth-order valence-electron chi connectivity index (χ4n) is 1.03. The van der Waals surface area contributed by atoms with E-state index in [-0.39, 0.29) is 21.5 Å². The summed E-state index contributed by atoms with van der Waals surface area (Å²) in [4.78, 5) is 0. The molecule has 16 heavy (non-hydrogen) atoms. The van der Waals surface area contributed by atoms with E-state index in [9.17, 15) is 8.42 Å². The normalized spacial score (nSPS) is 11.5. The van der Waals surface area contributed by atoms with Crippen LogP contribution in [0.5, 0.6) is 5.75 Å². The molecule has 1 rings (SSSR count). The lowest BCUT2D eigenvalue weighted by atomic mass is 10.3. The first kappa shape index (κ1) is 13.9. The first-order chi connectivity index (χ1) is 7.35. The number of halogens is 3. The van der Waals surface area contributed by atoms with Gasteiger partial charge in [-0.15, -0.1) is 0 Å². The maximum absolute atomic E-state index is 11.4. The molecular formula is C9H9Cl3O3S. The molecule has 0 spiro atoms. The topological polar surface area (TPSA) is 43.4 Å². The quantitative estimate of drug-likeness (QED) is 0.795. The lowest BCUT2D eigenvalue weighted by Gasteiger charge is -2.09. The largest absolute Gasteiger partial charge is 0.379 e.